The van der Waals surface area contributed by atoms with Crippen LogP contribution in [0.1, 0.15) is 304 Å². The molecule has 0 bridgehead atoms. The summed E-state index contributed by atoms with van der Waals surface area (Å²) in [7, 11) is 0. The second-order valence-corrected chi connectivity index (χ2v) is 19.0. The Hall–Kier alpha value is -1.59. The molecule has 0 radical (unpaired) electrons. The maximum atomic E-state index is 12.7. The molecule has 0 aromatic heterocycles. The summed E-state index contributed by atoms with van der Waals surface area (Å²) in [5, 5.41) is 0. The van der Waals surface area contributed by atoms with Crippen LogP contribution >= 0.6 is 0 Å². The van der Waals surface area contributed by atoms with Gasteiger partial charge in [0.25, 0.3) is 0 Å². The average molecular weight is 849 g/mol. The molecule has 0 spiro atoms. The summed E-state index contributed by atoms with van der Waals surface area (Å²) in [4.78, 5) is 37.7. The van der Waals surface area contributed by atoms with Gasteiger partial charge < -0.3 is 14.2 Å². The molecule has 0 fully saturated rings. The zero-order valence-corrected chi connectivity index (χ0v) is 40.9. The van der Waals surface area contributed by atoms with Gasteiger partial charge in [-0.15, -0.1) is 0 Å². The average Bonchev–Trinajstić information content (AvgIpc) is 3.23. The first-order valence-corrected chi connectivity index (χ1v) is 26.9. The number of hydrogen-bond acceptors (Lipinski definition) is 6. The molecule has 0 rings (SSSR count). The van der Waals surface area contributed by atoms with Gasteiger partial charge in [-0.3, -0.25) is 14.4 Å². The van der Waals surface area contributed by atoms with Gasteiger partial charge in [-0.2, -0.15) is 0 Å². The van der Waals surface area contributed by atoms with Gasteiger partial charge in [-0.25, -0.2) is 0 Å². The summed E-state index contributed by atoms with van der Waals surface area (Å²) < 4.78 is 16.7. The third kappa shape index (κ3) is 47.5. The molecule has 0 N–H and O–H groups in total. The SMILES string of the molecule is CCCCCCCCCCCCCCCCCCCCC(=O)O[C@H](COC(=O)CCCCCCC)COC(=O)CCCCCCCCCCCCCCCCCCC(C)C. The summed E-state index contributed by atoms with van der Waals surface area (Å²) in [5.41, 5.74) is 0. The van der Waals surface area contributed by atoms with Crippen molar-refractivity contribution in [3.8, 4) is 0 Å². The standard InChI is InChI=1S/C54H104O6/c1-5-7-9-11-12-13-14-15-16-17-18-23-26-29-32-35-39-43-47-54(57)60-51(48-58-52(55)45-41-36-10-8-6-2)49-59-53(56)46-42-38-34-31-28-25-22-20-19-21-24-27-30-33-37-40-44-50(3)4/h50-51H,5-49H2,1-4H3/t51-/m1/s1. The van der Waals surface area contributed by atoms with E-state index in [1.165, 1.54) is 193 Å². The summed E-state index contributed by atoms with van der Waals surface area (Å²) in [6.45, 7) is 8.98. The molecule has 0 aliphatic heterocycles. The van der Waals surface area contributed by atoms with Crippen LogP contribution in [0.15, 0.2) is 0 Å². The highest BCUT2D eigenvalue weighted by atomic mass is 16.6. The molecule has 0 aromatic carbocycles. The molecule has 0 heterocycles. The Morgan fingerprint density at radius 1 is 0.317 bits per heavy atom. The largest absolute Gasteiger partial charge is 0.462 e. The van der Waals surface area contributed by atoms with Crippen LogP contribution < -0.4 is 0 Å². The molecule has 356 valence electrons. The highest BCUT2D eigenvalue weighted by molar-refractivity contribution is 5.71. The van der Waals surface area contributed by atoms with E-state index >= 15 is 0 Å². The Kier molecular flexibility index (Phi) is 47.2. The third-order valence-electron chi connectivity index (χ3n) is 12.3. The van der Waals surface area contributed by atoms with E-state index < -0.39 is 6.10 Å². The molecule has 0 saturated carbocycles. The van der Waals surface area contributed by atoms with Crippen LogP contribution in [-0.4, -0.2) is 37.2 Å². The van der Waals surface area contributed by atoms with Crippen LogP contribution in [-0.2, 0) is 28.6 Å². The Morgan fingerprint density at radius 2 is 0.550 bits per heavy atom. The molecule has 6 heteroatoms. The van der Waals surface area contributed by atoms with Gasteiger partial charge in [0.05, 0.1) is 0 Å². The maximum absolute atomic E-state index is 12.7. The number of hydrogen-bond donors (Lipinski definition) is 0. The van der Waals surface area contributed by atoms with Crippen LogP contribution in [0.25, 0.3) is 0 Å². The van der Waals surface area contributed by atoms with Crippen molar-refractivity contribution in [2.24, 2.45) is 5.92 Å². The maximum Gasteiger partial charge on any atom is 0.306 e. The predicted octanol–water partition coefficient (Wildman–Crippen LogP) is 17.5. The minimum absolute atomic E-state index is 0.0636. The highest BCUT2D eigenvalue weighted by Gasteiger charge is 2.19. The van der Waals surface area contributed by atoms with Crippen molar-refractivity contribution in [2.45, 2.75) is 310 Å². The highest BCUT2D eigenvalue weighted by Crippen LogP contribution is 2.17. The lowest BCUT2D eigenvalue weighted by atomic mass is 10.0. The molecule has 0 aromatic rings. The van der Waals surface area contributed by atoms with E-state index in [1.807, 2.05) is 0 Å². The van der Waals surface area contributed by atoms with Crippen LogP contribution in [0.5, 0.6) is 0 Å². The monoisotopic (exact) mass is 849 g/mol. The van der Waals surface area contributed by atoms with E-state index in [0.717, 1.165) is 70.1 Å². The van der Waals surface area contributed by atoms with Gasteiger partial charge in [-0.05, 0) is 25.2 Å². The van der Waals surface area contributed by atoms with E-state index in [9.17, 15) is 14.4 Å². The first-order chi connectivity index (χ1) is 29.4. The van der Waals surface area contributed by atoms with Crippen LogP contribution in [0.3, 0.4) is 0 Å². The van der Waals surface area contributed by atoms with E-state index in [2.05, 4.69) is 27.7 Å². The van der Waals surface area contributed by atoms with Crippen molar-refractivity contribution >= 4 is 17.9 Å². The summed E-state index contributed by atoms with van der Waals surface area (Å²) in [5.74, 6) is -0.00370. The van der Waals surface area contributed by atoms with Gasteiger partial charge in [-0.1, -0.05) is 265 Å². The van der Waals surface area contributed by atoms with Crippen molar-refractivity contribution in [1.29, 1.82) is 0 Å². The van der Waals surface area contributed by atoms with Gasteiger partial charge in [0, 0.05) is 19.3 Å². The van der Waals surface area contributed by atoms with Crippen LogP contribution in [0.4, 0.5) is 0 Å². The summed E-state index contributed by atoms with van der Waals surface area (Å²) in [6.07, 6.45) is 51.3. The van der Waals surface area contributed by atoms with Crippen molar-refractivity contribution in [2.75, 3.05) is 13.2 Å². The van der Waals surface area contributed by atoms with Gasteiger partial charge in [0.1, 0.15) is 13.2 Å². The fourth-order valence-corrected chi connectivity index (χ4v) is 8.22. The molecule has 60 heavy (non-hydrogen) atoms. The third-order valence-corrected chi connectivity index (χ3v) is 12.3. The quantitative estimate of drug-likeness (QED) is 0.0345. The smallest absolute Gasteiger partial charge is 0.306 e. The lowest BCUT2D eigenvalue weighted by molar-refractivity contribution is -0.167. The molecule has 1 atom stereocenters. The minimum Gasteiger partial charge on any atom is -0.462 e. The zero-order valence-electron chi connectivity index (χ0n) is 40.9. The zero-order chi connectivity index (χ0) is 43.8. The lowest BCUT2D eigenvalue weighted by Crippen LogP contribution is -2.30. The van der Waals surface area contributed by atoms with E-state index in [1.54, 1.807) is 0 Å². The van der Waals surface area contributed by atoms with E-state index in [0.29, 0.717) is 19.3 Å². The number of unbranched alkanes of at least 4 members (excludes halogenated alkanes) is 36. The molecule has 0 aliphatic carbocycles. The van der Waals surface area contributed by atoms with E-state index in [4.69, 9.17) is 14.2 Å². The Labute approximate surface area is 374 Å². The fourth-order valence-electron chi connectivity index (χ4n) is 8.22. The predicted molar refractivity (Wildman–Crippen MR) is 257 cm³/mol. The number of carbonyl (C=O) groups is 3. The second-order valence-electron chi connectivity index (χ2n) is 19.0. The number of rotatable bonds is 49. The molecule has 0 saturated heterocycles. The second kappa shape index (κ2) is 48.4. The summed E-state index contributed by atoms with van der Waals surface area (Å²) >= 11 is 0. The lowest BCUT2D eigenvalue weighted by Gasteiger charge is -2.18. The molecule has 6 nitrogen and oxygen atoms in total. The molecule has 0 aliphatic rings. The van der Waals surface area contributed by atoms with E-state index in [-0.39, 0.29) is 31.1 Å². The number of carbonyl (C=O) groups excluding carboxylic acids is 3. The number of esters is 3. The molecule has 0 unspecified atom stereocenters. The van der Waals surface area contributed by atoms with Gasteiger partial charge >= 0.3 is 17.9 Å². The first-order valence-electron chi connectivity index (χ1n) is 26.9. The first kappa shape index (κ1) is 58.4. The van der Waals surface area contributed by atoms with Gasteiger partial charge in [0.2, 0.25) is 0 Å². The van der Waals surface area contributed by atoms with Crippen LogP contribution in [0, 0.1) is 5.92 Å². The van der Waals surface area contributed by atoms with Crippen LogP contribution in [0.2, 0.25) is 0 Å². The minimum atomic E-state index is -0.759. The Morgan fingerprint density at radius 3 is 0.817 bits per heavy atom. The fraction of sp³-hybridized carbons (Fsp3) is 0.944. The number of ether oxygens (including phenoxy) is 3. The van der Waals surface area contributed by atoms with Crippen molar-refractivity contribution in [3.63, 3.8) is 0 Å². The Bertz CT molecular complexity index is 903. The molecular weight excluding hydrogens is 745 g/mol. The molecule has 0 amide bonds. The van der Waals surface area contributed by atoms with Crippen molar-refractivity contribution in [3.05, 3.63) is 0 Å². The normalized spacial score (nSPS) is 11.9. The molecular formula is C54H104O6. The van der Waals surface area contributed by atoms with Crippen molar-refractivity contribution in [1.82, 2.24) is 0 Å². The summed E-state index contributed by atoms with van der Waals surface area (Å²) in [6, 6.07) is 0. The van der Waals surface area contributed by atoms with Crippen molar-refractivity contribution < 1.29 is 28.6 Å². The Balaban J connectivity index is 4.07. The topological polar surface area (TPSA) is 78.9 Å². The van der Waals surface area contributed by atoms with Gasteiger partial charge in [0.15, 0.2) is 6.10 Å².